The molecule has 0 aliphatic heterocycles. The van der Waals surface area contributed by atoms with Gasteiger partial charge in [-0.3, -0.25) is 4.79 Å². The van der Waals surface area contributed by atoms with Crippen LogP contribution in [-0.4, -0.2) is 53.8 Å². The fourth-order valence-corrected chi connectivity index (χ4v) is 2.43. The van der Waals surface area contributed by atoms with Crippen molar-refractivity contribution >= 4 is 23.9 Å². The van der Waals surface area contributed by atoms with Crippen molar-refractivity contribution < 1.29 is 33.8 Å². The predicted octanol–water partition coefficient (Wildman–Crippen LogP) is 1.64. The van der Waals surface area contributed by atoms with E-state index in [2.05, 4.69) is 15.4 Å². The lowest BCUT2D eigenvalue weighted by atomic mass is 10.1. The number of carboxylic acid groups (broad SMARTS) is 1. The summed E-state index contributed by atoms with van der Waals surface area (Å²) in [7, 11) is 1.16. The Morgan fingerprint density at radius 1 is 1.03 bits per heavy atom. The summed E-state index contributed by atoms with van der Waals surface area (Å²) in [5, 5.41) is 14.1. The first-order chi connectivity index (χ1) is 13.5. The minimum Gasteiger partial charge on any atom is -0.480 e. The number of rotatable bonds is 9. The van der Waals surface area contributed by atoms with Gasteiger partial charge in [-0.05, 0) is 32.8 Å². The molecule has 1 rings (SSSR count). The van der Waals surface area contributed by atoms with Gasteiger partial charge >= 0.3 is 18.0 Å². The Labute approximate surface area is 169 Å². The minimum absolute atomic E-state index is 0.0740. The van der Waals surface area contributed by atoms with E-state index in [1.165, 1.54) is 0 Å². The third-order valence-corrected chi connectivity index (χ3v) is 3.75. The third kappa shape index (κ3) is 9.59. The fourth-order valence-electron chi connectivity index (χ4n) is 2.43. The van der Waals surface area contributed by atoms with Gasteiger partial charge in [0.15, 0.2) is 0 Å². The Hall–Kier alpha value is -3.10. The lowest BCUT2D eigenvalue weighted by Gasteiger charge is -2.22. The molecule has 0 spiro atoms. The summed E-state index contributed by atoms with van der Waals surface area (Å²) in [5.41, 5.74) is 0.00750. The number of ether oxygens (including phenoxy) is 2. The first-order valence-corrected chi connectivity index (χ1v) is 9.15. The second-order valence-electron chi connectivity index (χ2n) is 7.41. The average Bonchev–Trinajstić information content (AvgIpc) is 2.63. The van der Waals surface area contributed by atoms with Crippen molar-refractivity contribution in [2.75, 3.05) is 7.11 Å². The molecule has 9 heteroatoms. The number of carboxylic acids is 1. The molecule has 9 nitrogen and oxygen atoms in total. The van der Waals surface area contributed by atoms with Crippen LogP contribution in [-0.2, 0) is 30.3 Å². The third-order valence-electron chi connectivity index (χ3n) is 3.75. The van der Waals surface area contributed by atoms with Gasteiger partial charge in [-0.1, -0.05) is 30.3 Å². The maximum absolute atomic E-state index is 12.2. The summed E-state index contributed by atoms with van der Waals surface area (Å²) in [6.45, 7) is 5.02. The first kappa shape index (κ1) is 23.9. The van der Waals surface area contributed by atoms with E-state index in [9.17, 15) is 24.3 Å². The quantitative estimate of drug-likeness (QED) is 0.529. The van der Waals surface area contributed by atoms with Crippen LogP contribution in [0.1, 0.15) is 39.2 Å². The highest BCUT2D eigenvalue weighted by atomic mass is 16.6. The Morgan fingerprint density at radius 2 is 1.66 bits per heavy atom. The van der Waals surface area contributed by atoms with Gasteiger partial charge in [0.05, 0.1) is 7.11 Å². The van der Waals surface area contributed by atoms with Crippen LogP contribution in [0.4, 0.5) is 4.79 Å². The first-order valence-electron chi connectivity index (χ1n) is 9.15. The summed E-state index contributed by atoms with van der Waals surface area (Å²) >= 11 is 0. The largest absolute Gasteiger partial charge is 0.480 e. The lowest BCUT2D eigenvalue weighted by Crippen LogP contribution is -2.46. The number of hydrogen-bond donors (Lipinski definition) is 3. The molecule has 0 unspecified atom stereocenters. The molecule has 0 aliphatic rings. The molecular weight excluding hydrogens is 380 g/mol. The maximum Gasteiger partial charge on any atom is 0.408 e. The number of methoxy groups -OCH3 is 1. The van der Waals surface area contributed by atoms with Crippen molar-refractivity contribution in [2.24, 2.45) is 0 Å². The molecule has 2 amide bonds. The van der Waals surface area contributed by atoms with Crippen molar-refractivity contribution in [1.82, 2.24) is 10.6 Å². The Bertz CT molecular complexity index is 713. The van der Waals surface area contributed by atoms with Gasteiger partial charge in [-0.15, -0.1) is 0 Å². The van der Waals surface area contributed by atoms with E-state index in [-0.39, 0.29) is 19.3 Å². The number of nitrogens with one attached hydrogen (secondary N) is 2. The molecule has 3 N–H and O–H groups in total. The Morgan fingerprint density at radius 3 is 2.17 bits per heavy atom. The summed E-state index contributed by atoms with van der Waals surface area (Å²) in [4.78, 5) is 47.4. The van der Waals surface area contributed by atoms with Gasteiger partial charge < -0.3 is 25.2 Å². The predicted molar refractivity (Wildman–Crippen MR) is 104 cm³/mol. The van der Waals surface area contributed by atoms with E-state index in [0.717, 1.165) is 12.7 Å². The average molecular weight is 408 g/mol. The molecule has 0 heterocycles. The second-order valence-corrected chi connectivity index (χ2v) is 7.41. The highest BCUT2D eigenvalue weighted by Gasteiger charge is 2.27. The van der Waals surface area contributed by atoms with Gasteiger partial charge in [-0.2, -0.15) is 0 Å². The van der Waals surface area contributed by atoms with Gasteiger partial charge in [0.1, 0.15) is 17.7 Å². The summed E-state index contributed by atoms with van der Waals surface area (Å²) in [6.07, 6.45) is -0.956. The Balaban J connectivity index is 2.65. The van der Waals surface area contributed by atoms with Crippen LogP contribution in [0.2, 0.25) is 0 Å². The Kier molecular flexibility index (Phi) is 9.11. The van der Waals surface area contributed by atoms with Crippen LogP contribution in [0.25, 0.3) is 0 Å². The van der Waals surface area contributed by atoms with Crippen LogP contribution < -0.4 is 10.6 Å². The summed E-state index contributed by atoms with van der Waals surface area (Å²) in [5.74, 6) is -2.46. The number of amides is 2. The SMILES string of the molecule is COC(=O)[C@H](CCC(=O)N[C@@H](Cc1ccccc1)C(=O)O)NC(=O)OC(C)(C)C. The zero-order valence-corrected chi connectivity index (χ0v) is 17.1. The molecule has 0 radical (unpaired) electrons. The van der Waals surface area contributed by atoms with E-state index in [1.807, 2.05) is 6.07 Å². The van der Waals surface area contributed by atoms with Crippen LogP contribution in [0.3, 0.4) is 0 Å². The van der Waals surface area contributed by atoms with E-state index >= 15 is 0 Å². The van der Waals surface area contributed by atoms with Gasteiger partial charge in [0.25, 0.3) is 0 Å². The van der Waals surface area contributed by atoms with E-state index in [1.54, 1.807) is 45.0 Å². The van der Waals surface area contributed by atoms with E-state index in [4.69, 9.17) is 4.74 Å². The molecule has 0 saturated carbocycles. The molecule has 1 aromatic rings. The number of alkyl carbamates (subject to hydrolysis) is 1. The zero-order valence-electron chi connectivity index (χ0n) is 17.1. The highest BCUT2D eigenvalue weighted by Crippen LogP contribution is 2.09. The fraction of sp³-hybridized carbons (Fsp3) is 0.500. The maximum atomic E-state index is 12.2. The second kappa shape index (κ2) is 11.0. The summed E-state index contributed by atoms with van der Waals surface area (Å²) in [6, 6.07) is 6.68. The number of esters is 1. The van der Waals surface area contributed by atoms with Crippen LogP contribution in [0.15, 0.2) is 30.3 Å². The van der Waals surface area contributed by atoms with Gasteiger partial charge in [0, 0.05) is 12.8 Å². The number of carbonyl (C=O) groups excluding carboxylic acids is 3. The topological polar surface area (TPSA) is 131 Å². The number of hydrogen-bond acceptors (Lipinski definition) is 6. The normalized spacial score (nSPS) is 13.0. The van der Waals surface area contributed by atoms with Crippen molar-refractivity contribution in [1.29, 1.82) is 0 Å². The van der Waals surface area contributed by atoms with Crippen molar-refractivity contribution in [3.05, 3.63) is 35.9 Å². The molecular formula is C20H28N2O7. The molecule has 1 aromatic carbocycles. The monoisotopic (exact) mass is 408 g/mol. The summed E-state index contributed by atoms with van der Waals surface area (Å²) < 4.78 is 9.73. The van der Waals surface area contributed by atoms with Crippen LogP contribution >= 0.6 is 0 Å². The minimum atomic E-state index is -1.17. The standard InChI is InChI=1S/C20H28N2O7/c1-20(2,3)29-19(27)22-14(18(26)28-4)10-11-16(23)21-15(17(24)25)12-13-8-6-5-7-9-13/h5-9,14-15H,10-12H2,1-4H3,(H,21,23)(H,22,27)(H,24,25)/t14-,15-/m0/s1. The molecule has 0 aromatic heterocycles. The smallest absolute Gasteiger partial charge is 0.408 e. The molecule has 0 fully saturated rings. The van der Waals surface area contributed by atoms with Crippen molar-refractivity contribution in [3.8, 4) is 0 Å². The van der Waals surface area contributed by atoms with Crippen molar-refractivity contribution in [3.63, 3.8) is 0 Å². The number of benzene rings is 1. The number of aliphatic carboxylic acids is 1. The zero-order chi connectivity index (χ0) is 22.0. The van der Waals surface area contributed by atoms with Crippen LogP contribution in [0.5, 0.6) is 0 Å². The van der Waals surface area contributed by atoms with Crippen molar-refractivity contribution in [2.45, 2.75) is 57.7 Å². The van der Waals surface area contributed by atoms with E-state index in [0.29, 0.717) is 0 Å². The lowest BCUT2D eigenvalue weighted by molar-refractivity contribution is -0.144. The molecule has 2 atom stereocenters. The molecule has 29 heavy (non-hydrogen) atoms. The van der Waals surface area contributed by atoms with Gasteiger partial charge in [0.2, 0.25) is 5.91 Å². The molecule has 0 bridgehead atoms. The number of carbonyl (C=O) groups is 4. The van der Waals surface area contributed by atoms with Gasteiger partial charge in [-0.25, -0.2) is 14.4 Å². The molecule has 160 valence electrons. The molecule has 0 aliphatic carbocycles. The van der Waals surface area contributed by atoms with E-state index < -0.39 is 41.6 Å². The molecule has 0 saturated heterocycles. The highest BCUT2D eigenvalue weighted by molar-refractivity contribution is 5.85. The van der Waals surface area contributed by atoms with Crippen LogP contribution in [0, 0.1) is 0 Å².